The first-order valence-corrected chi connectivity index (χ1v) is 5.98. The van der Waals surface area contributed by atoms with E-state index in [0.29, 0.717) is 12.0 Å². The monoisotopic (exact) mass is 307 g/mol. The predicted octanol–water partition coefficient (Wildman–Crippen LogP) is 1.22. The minimum Gasteiger partial charge on any atom is -0.366 e. The van der Waals surface area contributed by atoms with Crippen molar-refractivity contribution in [3.63, 3.8) is 0 Å². The van der Waals surface area contributed by atoms with Gasteiger partial charge in [0, 0.05) is 18.2 Å². The fourth-order valence-electron chi connectivity index (χ4n) is 1.50. The van der Waals surface area contributed by atoms with Crippen molar-refractivity contribution in [2.75, 3.05) is 0 Å². The van der Waals surface area contributed by atoms with Crippen LogP contribution in [0, 0.1) is 0 Å². The molecule has 0 aliphatic heterocycles. The first kappa shape index (κ1) is 12.5. The van der Waals surface area contributed by atoms with Gasteiger partial charge in [0.1, 0.15) is 0 Å². The highest BCUT2D eigenvalue weighted by Crippen LogP contribution is 2.09. The van der Waals surface area contributed by atoms with E-state index in [0.717, 1.165) is 11.3 Å². The van der Waals surface area contributed by atoms with Gasteiger partial charge in [0.2, 0.25) is 5.91 Å². The molecule has 1 aromatic carbocycles. The SMILES string of the molecule is NC(=O)c1ccc(Cc2c[nH]c(=O)c(Br)n2)cc1. The molecule has 0 radical (unpaired) electrons. The normalized spacial score (nSPS) is 10.3. The maximum Gasteiger partial charge on any atom is 0.281 e. The number of nitrogens with one attached hydrogen (secondary N) is 1. The molecule has 0 saturated heterocycles. The Labute approximate surface area is 111 Å². The lowest BCUT2D eigenvalue weighted by molar-refractivity contribution is 0.100. The van der Waals surface area contributed by atoms with Crippen LogP contribution in [0.3, 0.4) is 0 Å². The highest BCUT2D eigenvalue weighted by Gasteiger charge is 2.03. The van der Waals surface area contributed by atoms with Gasteiger partial charge in [-0.25, -0.2) is 4.98 Å². The maximum atomic E-state index is 11.1. The lowest BCUT2D eigenvalue weighted by atomic mass is 10.1. The first-order valence-electron chi connectivity index (χ1n) is 5.19. The van der Waals surface area contributed by atoms with Crippen molar-refractivity contribution < 1.29 is 4.79 Å². The molecule has 0 bridgehead atoms. The minimum atomic E-state index is -0.452. The van der Waals surface area contributed by atoms with Gasteiger partial charge in [0.05, 0.1) is 5.69 Å². The molecule has 0 aliphatic rings. The van der Waals surface area contributed by atoms with E-state index in [4.69, 9.17) is 5.73 Å². The number of nitrogens with two attached hydrogens (primary N) is 1. The first-order chi connectivity index (χ1) is 8.56. The summed E-state index contributed by atoms with van der Waals surface area (Å²) in [6, 6.07) is 6.94. The summed E-state index contributed by atoms with van der Waals surface area (Å²) in [4.78, 5) is 28.7. The molecule has 6 heteroatoms. The average Bonchev–Trinajstić information content (AvgIpc) is 2.34. The summed E-state index contributed by atoms with van der Waals surface area (Å²) in [5.74, 6) is -0.452. The maximum absolute atomic E-state index is 11.1. The van der Waals surface area contributed by atoms with E-state index >= 15 is 0 Å². The number of primary amides is 1. The second-order valence-electron chi connectivity index (χ2n) is 3.75. The van der Waals surface area contributed by atoms with Crippen molar-refractivity contribution >= 4 is 21.8 Å². The van der Waals surface area contributed by atoms with E-state index in [2.05, 4.69) is 25.9 Å². The van der Waals surface area contributed by atoms with E-state index in [1.54, 1.807) is 30.5 Å². The van der Waals surface area contributed by atoms with Crippen LogP contribution in [-0.4, -0.2) is 15.9 Å². The van der Waals surface area contributed by atoms with E-state index in [1.165, 1.54) is 0 Å². The van der Waals surface area contributed by atoms with Crippen LogP contribution in [0.4, 0.5) is 0 Å². The quantitative estimate of drug-likeness (QED) is 0.893. The Morgan fingerprint density at radius 2 is 2.00 bits per heavy atom. The topological polar surface area (TPSA) is 88.8 Å². The van der Waals surface area contributed by atoms with Crippen LogP contribution >= 0.6 is 15.9 Å². The molecule has 0 saturated carbocycles. The van der Waals surface area contributed by atoms with E-state index < -0.39 is 5.91 Å². The molecule has 0 atom stereocenters. The Morgan fingerprint density at radius 3 is 2.56 bits per heavy atom. The molecule has 3 N–H and O–H groups in total. The number of hydrogen-bond acceptors (Lipinski definition) is 3. The minimum absolute atomic E-state index is 0.258. The molecule has 2 rings (SSSR count). The van der Waals surface area contributed by atoms with Crippen molar-refractivity contribution in [2.24, 2.45) is 5.73 Å². The molecule has 92 valence electrons. The number of H-pyrrole nitrogens is 1. The Balaban J connectivity index is 2.20. The summed E-state index contributed by atoms with van der Waals surface area (Å²) in [7, 11) is 0. The highest BCUT2D eigenvalue weighted by molar-refractivity contribution is 9.10. The van der Waals surface area contributed by atoms with Crippen LogP contribution < -0.4 is 11.3 Å². The van der Waals surface area contributed by atoms with E-state index in [9.17, 15) is 9.59 Å². The zero-order valence-electron chi connectivity index (χ0n) is 9.31. The Kier molecular flexibility index (Phi) is 3.57. The van der Waals surface area contributed by atoms with Crippen molar-refractivity contribution in [3.8, 4) is 0 Å². The van der Waals surface area contributed by atoms with Crippen molar-refractivity contribution in [2.45, 2.75) is 6.42 Å². The van der Waals surface area contributed by atoms with Gasteiger partial charge in [-0.2, -0.15) is 0 Å². The summed E-state index contributed by atoms with van der Waals surface area (Å²) >= 11 is 3.07. The number of nitrogens with zero attached hydrogens (tertiary/aromatic N) is 1. The molecule has 1 amide bonds. The molecule has 0 aliphatic carbocycles. The molecule has 0 fully saturated rings. The van der Waals surface area contributed by atoms with Crippen LogP contribution in [0.15, 0.2) is 39.9 Å². The summed E-state index contributed by atoms with van der Waals surface area (Å²) in [5.41, 5.74) is 7.07. The van der Waals surface area contributed by atoms with Crippen LogP contribution in [0.2, 0.25) is 0 Å². The number of carbonyl (C=O) groups excluding carboxylic acids is 1. The van der Waals surface area contributed by atoms with Gasteiger partial charge in [-0.3, -0.25) is 9.59 Å². The molecular formula is C12H10BrN3O2. The predicted molar refractivity (Wildman–Crippen MR) is 70.3 cm³/mol. The number of halogens is 1. The lowest BCUT2D eigenvalue weighted by Crippen LogP contribution is -2.11. The summed E-state index contributed by atoms with van der Waals surface area (Å²) in [6.07, 6.45) is 2.13. The number of rotatable bonds is 3. The molecule has 0 spiro atoms. The number of carbonyl (C=O) groups is 1. The molecular weight excluding hydrogens is 298 g/mol. The Morgan fingerprint density at radius 1 is 1.33 bits per heavy atom. The molecule has 5 nitrogen and oxygen atoms in total. The fourth-order valence-corrected chi connectivity index (χ4v) is 1.85. The highest BCUT2D eigenvalue weighted by atomic mass is 79.9. The van der Waals surface area contributed by atoms with Crippen molar-refractivity contribution in [1.29, 1.82) is 0 Å². The summed E-state index contributed by atoms with van der Waals surface area (Å²) in [5, 5.41) is 0. The third kappa shape index (κ3) is 2.84. The second kappa shape index (κ2) is 5.14. The zero-order valence-corrected chi connectivity index (χ0v) is 10.9. The fraction of sp³-hybridized carbons (Fsp3) is 0.0833. The molecule has 0 unspecified atom stereocenters. The van der Waals surface area contributed by atoms with Gasteiger partial charge in [-0.1, -0.05) is 12.1 Å². The van der Waals surface area contributed by atoms with Gasteiger partial charge >= 0.3 is 0 Å². The summed E-state index contributed by atoms with van der Waals surface area (Å²) in [6.45, 7) is 0. The van der Waals surface area contributed by atoms with Crippen LogP contribution in [0.1, 0.15) is 21.6 Å². The standard InChI is InChI=1S/C12H10BrN3O2/c13-10-12(18)15-6-9(16-10)5-7-1-3-8(4-2-7)11(14)17/h1-4,6H,5H2,(H2,14,17)(H,15,18). The van der Waals surface area contributed by atoms with Crippen LogP contribution in [0.25, 0.3) is 0 Å². The van der Waals surface area contributed by atoms with Gasteiger partial charge in [-0.05, 0) is 33.6 Å². The average molecular weight is 308 g/mol. The number of hydrogen-bond donors (Lipinski definition) is 2. The van der Waals surface area contributed by atoms with Gasteiger partial charge < -0.3 is 10.7 Å². The summed E-state index contributed by atoms with van der Waals surface area (Å²) < 4.78 is 0.258. The number of aromatic nitrogens is 2. The van der Waals surface area contributed by atoms with Gasteiger partial charge in [0.25, 0.3) is 5.56 Å². The molecule has 2 aromatic rings. The number of benzene rings is 1. The van der Waals surface area contributed by atoms with Gasteiger partial charge in [-0.15, -0.1) is 0 Å². The van der Waals surface area contributed by atoms with Crippen molar-refractivity contribution in [1.82, 2.24) is 9.97 Å². The van der Waals surface area contributed by atoms with Crippen molar-refractivity contribution in [3.05, 3.63) is 62.2 Å². The molecule has 18 heavy (non-hydrogen) atoms. The van der Waals surface area contributed by atoms with E-state index in [-0.39, 0.29) is 10.2 Å². The molecule has 1 aromatic heterocycles. The number of aromatic amines is 1. The second-order valence-corrected chi connectivity index (χ2v) is 4.50. The van der Waals surface area contributed by atoms with Gasteiger partial charge in [0.15, 0.2) is 4.60 Å². The zero-order chi connectivity index (χ0) is 13.1. The Hall–Kier alpha value is -1.95. The van der Waals surface area contributed by atoms with Crippen LogP contribution in [-0.2, 0) is 6.42 Å². The van der Waals surface area contributed by atoms with Crippen LogP contribution in [0.5, 0.6) is 0 Å². The lowest BCUT2D eigenvalue weighted by Gasteiger charge is -2.02. The smallest absolute Gasteiger partial charge is 0.281 e. The van der Waals surface area contributed by atoms with E-state index in [1.807, 2.05) is 0 Å². The third-order valence-corrected chi connectivity index (χ3v) is 2.96. The molecule has 1 heterocycles. The largest absolute Gasteiger partial charge is 0.366 e. The Bertz CT molecular complexity index is 635. The number of amides is 1. The third-order valence-electron chi connectivity index (χ3n) is 2.42.